The Balaban J connectivity index is 1.85. The summed E-state index contributed by atoms with van der Waals surface area (Å²) in [6, 6.07) is 20.2. The Labute approximate surface area is 156 Å². The minimum atomic E-state index is -1.01. The second kappa shape index (κ2) is 8.14. The van der Waals surface area contributed by atoms with Crippen molar-refractivity contribution in [2.75, 3.05) is 0 Å². The highest BCUT2D eigenvalue weighted by Crippen LogP contribution is 2.12. The van der Waals surface area contributed by atoms with Crippen LogP contribution in [0.3, 0.4) is 0 Å². The number of nitrogens with zero attached hydrogens (tertiary/aromatic N) is 1. The third-order valence-corrected chi connectivity index (χ3v) is 4.15. The van der Waals surface area contributed by atoms with E-state index in [-0.39, 0.29) is 5.56 Å². The van der Waals surface area contributed by atoms with Gasteiger partial charge in [-0.1, -0.05) is 60.7 Å². The summed E-state index contributed by atoms with van der Waals surface area (Å²) in [7, 11) is 0. The third-order valence-electron chi connectivity index (χ3n) is 4.15. The molecule has 0 aliphatic carbocycles. The van der Waals surface area contributed by atoms with Crippen LogP contribution in [0, 0.1) is 0 Å². The molecule has 1 heterocycles. The van der Waals surface area contributed by atoms with Crippen LogP contribution in [0.4, 0.5) is 0 Å². The largest absolute Gasteiger partial charge is 0.368 e. The predicted molar refractivity (Wildman–Crippen MR) is 102 cm³/mol. The minimum absolute atomic E-state index is 0.0457. The standard InChI is InChI=1S/C21H19N3O3/c22-19(25)18(16-10-5-2-6-11-16)23-20(26)17-12-7-13-24(21(17)27)14-15-8-3-1-4-9-15/h1-13,18H,14H2,(H2,22,25)(H,23,26). The van der Waals surface area contributed by atoms with Crippen LogP contribution in [-0.2, 0) is 11.3 Å². The van der Waals surface area contributed by atoms with Crippen LogP contribution in [0.1, 0.15) is 27.5 Å². The first-order chi connectivity index (χ1) is 13.1. The van der Waals surface area contributed by atoms with Crippen LogP contribution in [-0.4, -0.2) is 16.4 Å². The Bertz CT molecular complexity index is 998. The summed E-state index contributed by atoms with van der Waals surface area (Å²) in [5.74, 6) is -1.34. The maximum Gasteiger partial charge on any atom is 0.263 e. The van der Waals surface area contributed by atoms with Crippen LogP contribution in [0.2, 0.25) is 0 Å². The van der Waals surface area contributed by atoms with E-state index in [4.69, 9.17) is 5.73 Å². The van der Waals surface area contributed by atoms with Crippen molar-refractivity contribution in [2.45, 2.75) is 12.6 Å². The fraction of sp³-hybridized carbons (Fsp3) is 0.0952. The first-order valence-corrected chi connectivity index (χ1v) is 8.45. The SMILES string of the molecule is NC(=O)C(NC(=O)c1cccn(Cc2ccccc2)c1=O)c1ccccc1. The zero-order valence-corrected chi connectivity index (χ0v) is 14.5. The third kappa shape index (κ3) is 4.30. The van der Waals surface area contributed by atoms with Gasteiger partial charge < -0.3 is 15.6 Å². The molecule has 2 amide bonds. The molecule has 27 heavy (non-hydrogen) atoms. The van der Waals surface area contributed by atoms with Gasteiger partial charge in [0.15, 0.2) is 0 Å². The maximum absolute atomic E-state index is 12.7. The van der Waals surface area contributed by atoms with Gasteiger partial charge in [0.25, 0.3) is 11.5 Å². The first-order valence-electron chi connectivity index (χ1n) is 8.45. The van der Waals surface area contributed by atoms with Gasteiger partial charge >= 0.3 is 0 Å². The monoisotopic (exact) mass is 361 g/mol. The van der Waals surface area contributed by atoms with E-state index in [1.54, 1.807) is 42.6 Å². The molecule has 0 radical (unpaired) electrons. The van der Waals surface area contributed by atoms with Gasteiger partial charge in [-0.2, -0.15) is 0 Å². The zero-order valence-electron chi connectivity index (χ0n) is 14.5. The number of aromatic nitrogens is 1. The molecule has 3 rings (SSSR count). The first kappa shape index (κ1) is 18.1. The molecular weight excluding hydrogens is 342 g/mol. The van der Waals surface area contributed by atoms with E-state index in [0.717, 1.165) is 5.56 Å². The van der Waals surface area contributed by atoms with Gasteiger partial charge in [0.1, 0.15) is 11.6 Å². The maximum atomic E-state index is 12.7. The molecule has 1 atom stereocenters. The number of primary amides is 1. The number of hydrogen-bond acceptors (Lipinski definition) is 3. The summed E-state index contributed by atoms with van der Waals surface area (Å²) < 4.78 is 1.45. The van der Waals surface area contributed by atoms with E-state index in [1.807, 2.05) is 30.3 Å². The number of benzene rings is 2. The lowest BCUT2D eigenvalue weighted by Crippen LogP contribution is -2.40. The summed E-state index contributed by atoms with van der Waals surface area (Å²) in [5, 5.41) is 2.55. The van der Waals surface area contributed by atoms with E-state index in [9.17, 15) is 14.4 Å². The van der Waals surface area contributed by atoms with Gasteiger partial charge in [-0.3, -0.25) is 14.4 Å². The topological polar surface area (TPSA) is 94.2 Å². The Morgan fingerprint density at radius 1 is 0.926 bits per heavy atom. The molecule has 0 saturated carbocycles. The highest BCUT2D eigenvalue weighted by atomic mass is 16.2. The number of nitrogens with one attached hydrogen (secondary N) is 1. The lowest BCUT2D eigenvalue weighted by atomic mass is 10.1. The Morgan fingerprint density at radius 2 is 1.56 bits per heavy atom. The summed E-state index contributed by atoms with van der Waals surface area (Å²) in [4.78, 5) is 37.1. The van der Waals surface area contributed by atoms with Crippen molar-refractivity contribution >= 4 is 11.8 Å². The molecule has 136 valence electrons. The molecule has 1 unspecified atom stereocenters. The predicted octanol–water partition coefficient (Wildman–Crippen LogP) is 1.85. The summed E-state index contributed by atoms with van der Waals surface area (Å²) in [6.45, 7) is 0.346. The molecule has 3 aromatic rings. The van der Waals surface area contributed by atoms with Crippen LogP contribution >= 0.6 is 0 Å². The van der Waals surface area contributed by atoms with E-state index in [2.05, 4.69) is 5.32 Å². The molecule has 3 N–H and O–H groups in total. The second-order valence-corrected chi connectivity index (χ2v) is 6.06. The van der Waals surface area contributed by atoms with Crippen molar-refractivity contribution in [1.82, 2.24) is 9.88 Å². The van der Waals surface area contributed by atoms with Crippen LogP contribution in [0.5, 0.6) is 0 Å². The number of amides is 2. The van der Waals surface area contributed by atoms with Crippen molar-refractivity contribution in [3.63, 3.8) is 0 Å². The number of carbonyl (C=O) groups is 2. The van der Waals surface area contributed by atoms with Crippen molar-refractivity contribution in [1.29, 1.82) is 0 Å². The Kier molecular flexibility index (Phi) is 5.47. The van der Waals surface area contributed by atoms with Gasteiger partial charge in [0.05, 0.1) is 6.54 Å². The van der Waals surface area contributed by atoms with Crippen LogP contribution in [0.25, 0.3) is 0 Å². The lowest BCUT2D eigenvalue weighted by Gasteiger charge is -2.16. The fourth-order valence-corrected chi connectivity index (χ4v) is 2.79. The number of nitrogens with two attached hydrogens (primary N) is 1. The van der Waals surface area contributed by atoms with Crippen LogP contribution < -0.4 is 16.6 Å². The zero-order chi connectivity index (χ0) is 19.2. The molecule has 0 aliphatic heterocycles. The van der Waals surface area contributed by atoms with Gasteiger partial charge in [0, 0.05) is 6.20 Å². The van der Waals surface area contributed by atoms with Crippen molar-refractivity contribution in [3.8, 4) is 0 Å². The highest BCUT2D eigenvalue weighted by molar-refractivity contribution is 5.97. The van der Waals surface area contributed by atoms with Crippen LogP contribution in [0.15, 0.2) is 83.8 Å². The lowest BCUT2D eigenvalue weighted by molar-refractivity contribution is -0.120. The second-order valence-electron chi connectivity index (χ2n) is 6.06. The highest BCUT2D eigenvalue weighted by Gasteiger charge is 2.22. The molecule has 6 heteroatoms. The molecule has 1 aromatic heterocycles. The number of carbonyl (C=O) groups excluding carboxylic acids is 2. The van der Waals surface area contributed by atoms with Crippen molar-refractivity contribution in [2.24, 2.45) is 5.73 Å². The normalized spacial score (nSPS) is 11.6. The summed E-state index contributed by atoms with van der Waals surface area (Å²) in [6.07, 6.45) is 1.62. The molecular formula is C21H19N3O3. The van der Waals surface area contributed by atoms with Gasteiger partial charge in [-0.25, -0.2) is 0 Å². The fourth-order valence-electron chi connectivity index (χ4n) is 2.79. The van der Waals surface area contributed by atoms with Gasteiger partial charge in [-0.15, -0.1) is 0 Å². The Hall–Kier alpha value is -3.67. The van der Waals surface area contributed by atoms with Gasteiger partial charge in [0.2, 0.25) is 5.91 Å². The smallest absolute Gasteiger partial charge is 0.263 e. The molecule has 0 spiro atoms. The quantitative estimate of drug-likeness (QED) is 0.702. The van der Waals surface area contributed by atoms with E-state index >= 15 is 0 Å². The number of pyridine rings is 1. The molecule has 2 aromatic carbocycles. The van der Waals surface area contributed by atoms with E-state index < -0.39 is 23.4 Å². The van der Waals surface area contributed by atoms with E-state index in [0.29, 0.717) is 12.1 Å². The number of hydrogen-bond donors (Lipinski definition) is 2. The molecule has 0 aliphatic rings. The average molecular weight is 361 g/mol. The molecule has 6 nitrogen and oxygen atoms in total. The molecule has 0 saturated heterocycles. The van der Waals surface area contributed by atoms with Crippen molar-refractivity contribution in [3.05, 3.63) is 106 Å². The Morgan fingerprint density at radius 3 is 2.19 bits per heavy atom. The molecule has 0 fully saturated rings. The molecule has 0 bridgehead atoms. The van der Waals surface area contributed by atoms with E-state index in [1.165, 1.54) is 10.6 Å². The minimum Gasteiger partial charge on any atom is -0.368 e. The van der Waals surface area contributed by atoms with Gasteiger partial charge in [-0.05, 0) is 23.3 Å². The average Bonchev–Trinajstić information content (AvgIpc) is 2.69. The summed E-state index contributed by atoms with van der Waals surface area (Å²) >= 11 is 0. The number of rotatable bonds is 6. The summed E-state index contributed by atoms with van der Waals surface area (Å²) in [5.41, 5.74) is 6.44. The van der Waals surface area contributed by atoms with Crippen molar-refractivity contribution < 1.29 is 9.59 Å².